The third-order valence-corrected chi connectivity index (χ3v) is 4.40. The third-order valence-electron chi connectivity index (χ3n) is 4.40. The van der Waals surface area contributed by atoms with E-state index in [9.17, 15) is 4.79 Å². The number of primary amides is 1. The molecule has 0 aliphatic heterocycles. The molecule has 0 aliphatic carbocycles. The number of nitrogens with two attached hydrogens (primary N) is 2. The maximum absolute atomic E-state index is 11.5. The Morgan fingerprint density at radius 2 is 2.04 bits per heavy atom. The number of aryl methyl sites for hydroxylation is 1. The number of anilines is 1. The fourth-order valence-corrected chi connectivity index (χ4v) is 3.13. The summed E-state index contributed by atoms with van der Waals surface area (Å²) in [5, 5.41) is 16.9. The van der Waals surface area contributed by atoms with E-state index in [1.165, 1.54) is 0 Å². The molecule has 7 heteroatoms. The average Bonchev–Trinajstić information content (AvgIpc) is 3.08. The van der Waals surface area contributed by atoms with Crippen molar-refractivity contribution >= 4 is 33.4 Å². The minimum atomic E-state index is -0.688. The Morgan fingerprint density at radius 1 is 1.20 bits per heavy atom. The van der Waals surface area contributed by atoms with Crippen LogP contribution in [-0.2, 0) is 6.42 Å². The van der Waals surface area contributed by atoms with Crippen LogP contribution in [0.15, 0.2) is 36.5 Å². The summed E-state index contributed by atoms with van der Waals surface area (Å²) < 4.78 is 0. The molecule has 0 saturated carbocycles. The van der Waals surface area contributed by atoms with Crippen molar-refractivity contribution in [2.24, 2.45) is 5.73 Å². The van der Waals surface area contributed by atoms with Crippen LogP contribution in [0, 0.1) is 0 Å². The second-order valence-electron chi connectivity index (χ2n) is 5.85. The molecule has 5 N–H and O–H groups in total. The van der Waals surface area contributed by atoms with Gasteiger partial charge in [0.25, 0.3) is 5.91 Å². The van der Waals surface area contributed by atoms with Crippen LogP contribution in [0.4, 0.5) is 5.69 Å². The Balaban J connectivity index is 2.06. The van der Waals surface area contributed by atoms with Crippen LogP contribution in [0.3, 0.4) is 0 Å². The smallest absolute Gasteiger partial charge is 0.271 e. The first-order valence-electron chi connectivity index (χ1n) is 7.91. The van der Waals surface area contributed by atoms with Gasteiger partial charge in [-0.25, -0.2) is 0 Å². The van der Waals surface area contributed by atoms with Crippen LogP contribution >= 0.6 is 0 Å². The van der Waals surface area contributed by atoms with Crippen molar-refractivity contribution < 1.29 is 4.79 Å². The highest BCUT2D eigenvalue weighted by atomic mass is 16.1. The average molecular weight is 332 g/mol. The zero-order valence-corrected chi connectivity index (χ0v) is 13.6. The predicted molar refractivity (Wildman–Crippen MR) is 96.9 cm³/mol. The quantitative estimate of drug-likeness (QED) is 0.531. The number of H-pyrrole nitrogens is 1. The molecule has 7 nitrogen and oxygen atoms in total. The summed E-state index contributed by atoms with van der Waals surface area (Å²) in [6, 6.07) is 9.91. The van der Waals surface area contributed by atoms with E-state index in [1.807, 2.05) is 30.3 Å². The minimum Gasteiger partial charge on any atom is -0.396 e. The molecule has 0 unspecified atom stereocenters. The lowest BCUT2D eigenvalue weighted by molar-refractivity contribution is 0.0996. The van der Waals surface area contributed by atoms with E-state index in [0.717, 1.165) is 34.0 Å². The van der Waals surface area contributed by atoms with Gasteiger partial charge in [-0.05, 0) is 23.6 Å². The summed E-state index contributed by atoms with van der Waals surface area (Å²) in [5.74, 6) is -0.688. The molecule has 4 aromatic rings. The molecule has 2 heterocycles. The molecule has 0 radical (unpaired) electrons. The van der Waals surface area contributed by atoms with Gasteiger partial charge in [-0.15, -0.1) is 10.2 Å². The van der Waals surface area contributed by atoms with Gasteiger partial charge in [-0.2, -0.15) is 5.10 Å². The van der Waals surface area contributed by atoms with Gasteiger partial charge in [-0.3, -0.25) is 9.89 Å². The first kappa shape index (κ1) is 15.1. The molecule has 0 bridgehead atoms. The van der Waals surface area contributed by atoms with Crippen molar-refractivity contribution in [2.45, 2.75) is 13.3 Å². The maximum Gasteiger partial charge on any atom is 0.271 e. The summed E-state index contributed by atoms with van der Waals surface area (Å²) in [6.07, 6.45) is 2.60. The van der Waals surface area contributed by atoms with Crippen LogP contribution in [0.1, 0.15) is 23.0 Å². The number of hydrogen-bond acceptors (Lipinski definition) is 5. The lowest BCUT2D eigenvalue weighted by atomic mass is 9.94. The molecule has 2 aromatic carbocycles. The van der Waals surface area contributed by atoms with Crippen molar-refractivity contribution in [2.75, 3.05) is 5.73 Å². The summed E-state index contributed by atoms with van der Waals surface area (Å²) in [5.41, 5.74) is 16.3. The van der Waals surface area contributed by atoms with Crippen molar-refractivity contribution in [1.29, 1.82) is 0 Å². The van der Waals surface area contributed by atoms with Gasteiger partial charge in [0.1, 0.15) is 5.52 Å². The Kier molecular flexibility index (Phi) is 3.35. The molecule has 2 aromatic heterocycles. The first-order chi connectivity index (χ1) is 12.1. The van der Waals surface area contributed by atoms with E-state index < -0.39 is 5.91 Å². The number of rotatable bonds is 3. The van der Waals surface area contributed by atoms with E-state index in [4.69, 9.17) is 11.5 Å². The normalized spacial score (nSPS) is 11.2. The van der Waals surface area contributed by atoms with Crippen molar-refractivity contribution in [3.63, 3.8) is 0 Å². The van der Waals surface area contributed by atoms with Crippen molar-refractivity contribution in [3.8, 4) is 11.1 Å². The second-order valence-corrected chi connectivity index (χ2v) is 5.85. The number of hydrogen-bond donors (Lipinski definition) is 3. The molecule has 124 valence electrons. The number of fused-ring (bicyclic) bond motifs is 2. The second kappa shape index (κ2) is 5.55. The van der Waals surface area contributed by atoms with Gasteiger partial charge in [0, 0.05) is 16.3 Å². The fraction of sp³-hybridized carbons (Fsp3) is 0.111. The fourth-order valence-electron chi connectivity index (χ4n) is 3.13. The van der Waals surface area contributed by atoms with E-state index >= 15 is 0 Å². The molecule has 1 amide bonds. The van der Waals surface area contributed by atoms with E-state index in [1.54, 1.807) is 6.20 Å². The van der Waals surface area contributed by atoms with E-state index in [2.05, 4.69) is 27.3 Å². The molecule has 4 rings (SSSR count). The van der Waals surface area contributed by atoms with Gasteiger partial charge in [-0.1, -0.05) is 31.2 Å². The lowest BCUT2D eigenvalue weighted by Crippen LogP contribution is -2.17. The van der Waals surface area contributed by atoms with E-state index in [-0.39, 0.29) is 11.4 Å². The topological polar surface area (TPSA) is 124 Å². The number of amides is 1. The maximum atomic E-state index is 11.5. The predicted octanol–water partition coefficient (Wildman–Crippen LogP) is 2.42. The van der Waals surface area contributed by atoms with Gasteiger partial charge < -0.3 is 11.5 Å². The minimum absolute atomic E-state index is 0.00767. The summed E-state index contributed by atoms with van der Waals surface area (Å²) >= 11 is 0. The monoisotopic (exact) mass is 332 g/mol. The SMILES string of the molecule is CCc1ccc2c(N)c(C(N)=O)nnc2c1-c1ccc2cn[nH]c2c1. The highest BCUT2D eigenvalue weighted by molar-refractivity contribution is 6.08. The van der Waals surface area contributed by atoms with Crippen LogP contribution in [0.5, 0.6) is 0 Å². The van der Waals surface area contributed by atoms with Crippen LogP contribution in [0.25, 0.3) is 32.9 Å². The van der Waals surface area contributed by atoms with Gasteiger partial charge >= 0.3 is 0 Å². The summed E-state index contributed by atoms with van der Waals surface area (Å²) in [4.78, 5) is 11.5. The third kappa shape index (κ3) is 2.28. The largest absolute Gasteiger partial charge is 0.396 e. The standard InChI is InChI=1S/C18H16N6O/c1-2-9-5-6-12-15(19)17(18(20)25)24-23-16(12)14(9)10-3-4-11-8-21-22-13(11)7-10/h3-8H,2H2,1H3,(H2,19,23)(H2,20,25)(H,21,22). The van der Waals surface area contributed by atoms with Gasteiger partial charge in [0.05, 0.1) is 17.4 Å². The molecular weight excluding hydrogens is 316 g/mol. The number of carbonyl (C=O) groups excluding carboxylic acids is 1. The molecule has 0 atom stereocenters. The highest BCUT2D eigenvalue weighted by Gasteiger charge is 2.17. The molecule has 25 heavy (non-hydrogen) atoms. The number of nitrogen functional groups attached to an aromatic ring is 1. The first-order valence-corrected chi connectivity index (χ1v) is 7.91. The van der Waals surface area contributed by atoms with Crippen molar-refractivity contribution in [3.05, 3.63) is 47.8 Å². The number of aromatic nitrogens is 4. The van der Waals surface area contributed by atoms with Crippen LogP contribution < -0.4 is 11.5 Å². The highest BCUT2D eigenvalue weighted by Crippen LogP contribution is 2.35. The van der Waals surface area contributed by atoms with Crippen LogP contribution in [-0.4, -0.2) is 26.3 Å². The number of carbonyl (C=O) groups is 1. The number of benzene rings is 2. The lowest BCUT2D eigenvalue weighted by Gasteiger charge is -2.13. The molecule has 0 saturated heterocycles. The van der Waals surface area contributed by atoms with Gasteiger partial charge in [0.15, 0.2) is 5.69 Å². The molecular formula is C18H16N6O. The molecule has 0 spiro atoms. The number of nitrogens with zero attached hydrogens (tertiary/aromatic N) is 3. The zero-order valence-electron chi connectivity index (χ0n) is 13.6. The van der Waals surface area contributed by atoms with Crippen molar-refractivity contribution in [1.82, 2.24) is 20.4 Å². The zero-order chi connectivity index (χ0) is 17.6. The number of nitrogens with one attached hydrogen (secondary N) is 1. The van der Waals surface area contributed by atoms with Crippen LogP contribution in [0.2, 0.25) is 0 Å². The molecule has 0 fully saturated rings. The van der Waals surface area contributed by atoms with E-state index in [0.29, 0.717) is 10.9 Å². The Bertz CT molecular complexity index is 1130. The Labute approximate surface area is 143 Å². The summed E-state index contributed by atoms with van der Waals surface area (Å²) in [6.45, 7) is 2.08. The summed E-state index contributed by atoms with van der Waals surface area (Å²) in [7, 11) is 0. The van der Waals surface area contributed by atoms with Gasteiger partial charge in [0.2, 0.25) is 0 Å². The Hall–Kier alpha value is -3.48. The Morgan fingerprint density at radius 3 is 2.80 bits per heavy atom. The number of aromatic amines is 1. The molecule has 0 aliphatic rings.